The number of anilines is 1. The molecule has 0 saturated heterocycles. The Bertz CT molecular complexity index is 840. The van der Waals surface area contributed by atoms with Crippen LogP contribution in [0.3, 0.4) is 0 Å². The number of carbonyl (C=O) groups excluding carboxylic acids is 1. The van der Waals surface area contributed by atoms with Gasteiger partial charge in [-0.15, -0.1) is 0 Å². The third-order valence-corrected chi connectivity index (χ3v) is 4.25. The lowest BCUT2D eigenvalue weighted by Gasteiger charge is -2.11. The average Bonchev–Trinajstić information content (AvgIpc) is 3.05. The Balaban J connectivity index is 1.54. The van der Waals surface area contributed by atoms with E-state index in [0.717, 1.165) is 18.4 Å². The van der Waals surface area contributed by atoms with Crippen molar-refractivity contribution < 1.29 is 4.79 Å². The second-order valence-electron chi connectivity index (χ2n) is 6.11. The molecule has 0 radical (unpaired) electrons. The van der Waals surface area contributed by atoms with Gasteiger partial charge in [-0.05, 0) is 31.4 Å². The van der Waals surface area contributed by atoms with Crippen molar-refractivity contribution in [2.75, 3.05) is 11.9 Å². The van der Waals surface area contributed by atoms with Crippen LogP contribution in [0.4, 0.5) is 5.82 Å². The molecule has 1 amide bonds. The maximum Gasteiger partial charge on any atom is 0.271 e. The van der Waals surface area contributed by atoms with E-state index in [1.165, 1.54) is 17.1 Å². The van der Waals surface area contributed by atoms with Crippen LogP contribution in [0.1, 0.15) is 36.3 Å². The number of carbonyl (C=O) groups is 1. The van der Waals surface area contributed by atoms with E-state index in [1.807, 2.05) is 24.4 Å². The zero-order valence-corrected chi connectivity index (χ0v) is 14.5. The Labute approximate surface area is 147 Å². The maximum absolute atomic E-state index is 12.2. The van der Waals surface area contributed by atoms with E-state index >= 15 is 0 Å². The molecule has 0 aliphatic heterocycles. The minimum Gasteiger partial charge on any atom is -0.366 e. The fraction of sp³-hybridized carbons (Fsp3) is 0.316. The van der Waals surface area contributed by atoms with Crippen LogP contribution in [-0.2, 0) is 6.42 Å². The van der Waals surface area contributed by atoms with Crippen molar-refractivity contribution in [2.24, 2.45) is 0 Å². The monoisotopic (exact) mass is 337 g/mol. The number of aromatic amines is 1. The lowest BCUT2D eigenvalue weighted by Crippen LogP contribution is -2.26. The van der Waals surface area contributed by atoms with Crippen LogP contribution in [0.2, 0.25) is 0 Å². The first kappa shape index (κ1) is 17.0. The van der Waals surface area contributed by atoms with Gasteiger partial charge in [-0.25, -0.2) is 9.97 Å². The second-order valence-corrected chi connectivity index (χ2v) is 6.11. The summed E-state index contributed by atoms with van der Waals surface area (Å²) < 4.78 is 0. The van der Waals surface area contributed by atoms with Crippen molar-refractivity contribution in [3.8, 4) is 0 Å². The van der Waals surface area contributed by atoms with E-state index in [4.69, 9.17) is 0 Å². The van der Waals surface area contributed by atoms with Crippen LogP contribution in [0.15, 0.2) is 42.9 Å². The normalized spacial score (nSPS) is 12.1. The van der Waals surface area contributed by atoms with Crippen LogP contribution < -0.4 is 10.6 Å². The number of fused-ring (bicyclic) bond motifs is 1. The molecular formula is C19H23N5O. The molecule has 0 saturated carbocycles. The molecule has 130 valence electrons. The first-order chi connectivity index (χ1) is 12.2. The number of aromatic nitrogens is 3. The van der Waals surface area contributed by atoms with Crippen molar-refractivity contribution in [2.45, 2.75) is 32.7 Å². The zero-order chi connectivity index (χ0) is 17.6. The second kappa shape index (κ2) is 7.79. The van der Waals surface area contributed by atoms with Gasteiger partial charge in [0.05, 0.1) is 12.4 Å². The Morgan fingerprint density at radius 2 is 2.08 bits per heavy atom. The summed E-state index contributed by atoms with van der Waals surface area (Å²) in [6.07, 6.45) is 6.85. The molecule has 2 aromatic heterocycles. The van der Waals surface area contributed by atoms with Gasteiger partial charge in [-0.2, -0.15) is 0 Å². The third-order valence-electron chi connectivity index (χ3n) is 4.25. The van der Waals surface area contributed by atoms with Crippen molar-refractivity contribution in [1.29, 1.82) is 0 Å². The van der Waals surface area contributed by atoms with E-state index in [2.05, 4.69) is 45.5 Å². The van der Waals surface area contributed by atoms with Crippen LogP contribution >= 0.6 is 0 Å². The molecule has 3 N–H and O–H groups in total. The summed E-state index contributed by atoms with van der Waals surface area (Å²) in [5.41, 5.74) is 2.63. The van der Waals surface area contributed by atoms with Crippen molar-refractivity contribution in [1.82, 2.24) is 20.3 Å². The maximum atomic E-state index is 12.2. The van der Waals surface area contributed by atoms with Crippen molar-refractivity contribution in [3.05, 3.63) is 54.1 Å². The van der Waals surface area contributed by atoms with E-state index in [-0.39, 0.29) is 5.91 Å². The zero-order valence-electron chi connectivity index (χ0n) is 14.5. The standard InChI is InChI=1S/C19H23N5O/c1-3-13(2)24-18-12-22-17(11-23-18)19(25)20-9-8-14-10-21-16-7-5-4-6-15(14)16/h4-7,10-13,21H,3,8-9H2,1-2H3,(H,20,25)(H,23,24). The Hall–Kier alpha value is -2.89. The van der Waals surface area contributed by atoms with Crippen LogP contribution in [0.5, 0.6) is 0 Å². The molecule has 0 aliphatic rings. The molecule has 2 heterocycles. The van der Waals surface area contributed by atoms with E-state index in [9.17, 15) is 4.79 Å². The summed E-state index contributed by atoms with van der Waals surface area (Å²) in [6, 6.07) is 8.47. The lowest BCUT2D eigenvalue weighted by atomic mass is 10.1. The fourth-order valence-corrected chi connectivity index (χ4v) is 2.61. The van der Waals surface area contributed by atoms with Gasteiger partial charge >= 0.3 is 0 Å². The van der Waals surface area contributed by atoms with Gasteiger partial charge < -0.3 is 15.6 Å². The van der Waals surface area contributed by atoms with E-state index < -0.39 is 0 Å². The number of amides is 1. The molecule has 6 nitrogen and oxygen atoms in total. The molecule has 1 aromatic carbocycles. The van der Waals surface area contributed by atoms with E-state index in [0.29, 0.717) is 24.1 Å². The summed E-state index contributed by atoms with van der Waals surface area (Å²) in [5, 5.41) is 7.32. The van der Waals surface area contributed by atoms with Gasteiger partial charge in [0.1, 0.15) is 11.5 Å². The highest BCUT2D eigenvalue weighted by molar-refractivity contribution is 5.92. The summed E-state index contributed by atoms with van der Waals surface area (Å²) >= 11 is 0. The average molecular weight is 337 g/mol. The SMILES string of the molecule is CCC(C)Nc1cnc(C(=O)NCCc2c[nH]c3ccccc23)cn1. The highest BCUT2D eigenvalue weighted by Crippen LogP contribution is 2.17. The Morgan fingerprint density at radius 3 is 2.84 bits per heavy atom. The molecule has 1 atom stereocenters. The molecule has 0 bridgehead atoms. The predicted octanol–water partition coefficient (Wildman–Crippen LogP) is 3.14. The largest absolute Gasteiger partial charge is 0.366 e. The highest BCUT2D eigenvalue weighted by atomic mass is 16.1. The molecule has 0 spiro atoms. The quantitative estimate of drug-likeness (QED) is 0.618. The number of nitrogens with zero attached hydrogens (tertiary/aromatic N) is 2. The van der Waals surface area contributed by atoms with Crippen LogP contribution in [-0.4, -0.2) is 33.4 Å². The van der Waals surface area contributed by atoms with Gasteiger partial charge in [0.25, 0.3) is 5.91 Å². The molecule has 1 unspecified atom stereocenters. The van der Waals surface area contributed by atoms with Crippen LogP contribution in [0, 0.1) is 0 Å². The van der Waals surface area contributed by atoms with Gasteiger partial charge in [0.2, 0.25) is 0 Å². The molecule has 25 heavy (non-hydrogen) atoms. The summed E-state index contributed by atoms with van der Waals surface area (Å²) in [7, 11) is 0. The first-order valence-corrected chi connectivity index (χ1v) is 8.59. The van der Waals surface area contributed by atoms with Crippen molar-refractivity contribution in [3.63, 3.8) is 0 Å². The topological polar surface area (TPSA) is 82.7 Å². The number of nitrogens with one attached hydrogen (secondary N) is 3. The number of benzene rings is 1. The van der Waals surface area contributed by atoms with Gasteiger partial charge in [0.15, 0.2) is 0 Å². The molecule has 0 fully saturated rings. The van der Waals surface area contributed by atoms with E-state index in [1.54, 1.807) is 6.20 Å². The predicted molar refractivity (Wildman–Crippen MR) is 99.7 cm³/mol. The first-order valence-electron chi connectivity index (χ1n) is 8.59. The number of rotatable bonds is 7. The summed E-state index contributed by atoms with van der Waals surface area (Å²) in [4.78, 5) is 23.9. The summed E-state index contributed by atoms with van der Waals surface area (Å²) in [6.45, 7) is 4.73. The Morgan fingerprint density at radius 1 is 1.24 bits per heavy atom. The number of hydrogen-bond donors (Lipinski definition) is 3. The van der Waals surface area contributed by atoms with Gasteiger partial charge in [-0.3, -0.25) is 4.79 Å². The minimum atomic E-state index is -0.206. The number of para-hydroxylation sites is 1. The molecule has 0 aliphatic carbocycles. The molecule has 3 rings (SSSR count). The fourth-order valence-electron chi connectivity index (χ4n) is 2.61. The molecule has 6 heteroatoms. The minimum absolute atomic E-state index is 0.206. The van der Waals surface area contributed by atoms with Crippen molar-refractivity contribution >= 4 is 22.6 Å². The third kappa shape index (κ3) is 4.15. The number of hydrogen-bond acceptors (Lipinski definition) is 4. The summed E-state index contributed by atoms with van der Waals surface area (Å²) in [5.74, 6) is 0.479. The highest BCUT2D eigenvalue weighted by Gasteiger charge is 2.09. The smallest absolute Gasteiger partial charge is 0.271 e. The Kier molecular flexibility index (Phi) is 5.28. The molecule has 3 aromatic rings. The van der Waals surface area contributed by atoms with Gasteiger partial charge in [-0.1, -0.05) is 25.1 Å². The van der Waals surface area contributed by atoms with Crippen LogP contribution in [0.25, 0.3) is 10.9 Å². The lowest BCUT2D eigenvalue weighted by molar-refractivity contribution is 0.0949. The number of H-pyrrole nitrogens is 1. The van der Waals surface area contributed by atoms with Gasteiger partial charge in [0, 0.05) is 29.7 Å². The molecular weight excluding hydrogens is 314 g/mol.